The van der Waals surface area contributed by atoms with E-state index in [0.717, 1.165) is 0 Å². The number of hydrogen-bond donors (Lipinski definition) is 3. The third kappa shape index (κ3) is 4.98. The standard InChI is InChI=1S/C19H22N6O3S/c1-20-18-19(23-16-10-5-4-9-15(16)22-18)24-29(27,28)14-8-6-7-13(11-14)21-17(26)12-25(2)3/h4-11H,12H2,1-3H3,(H,20,22)(H,21,26)(H,23,24). The van der Waals surface area contributed by atoms with Crippen LogP contribution in [0.25, 0.3) is 11.0 Å². The van der Waals surface area contributed by atoms with E-state index in [-0.39, 0.29) is 23.2 Å². The lowest BCUT2D eigenvalue weighted by Crippen LogP contribution is -2.27. The average molecular weight is 414 g/mol. The maximum Gasteiger partial charge on any atom is 0.263 e. The minimum absolute atomic E-state index is 0.00263. The van der Waals surface area contributed by atoms with Crippen molar-refractivity contribution in [3.05, 3.63) is 48.5 Å². The Morgan fingerprint density at radius 3 is 2.28 bits per heavy atom. The molecule has 2 aromatic carbocycles. The van der Waals surface area contributed by atoms with E-state index in [0.29, 0.717) is 22.5 Å². The number of likely N-dealkylation sites (N-methyl/N-ethyl adjacent to an activating group) is 1. The van der Waals surface area contributed by atoms with E-state index in [1.54, 1.807) is 56.4 Å². The second kappa shape index (κ2) is 8.41. The Morgan fingerprint density at radius 1 is 1.00 bits per heavy atom. The molecule has 0 aliphatic carbocycles. The zero-order valence-corrected chi connectivity index (χ0v) is 17.1. The number of amides is 1. The molecule has 0 unspecified atom stereocenters. The molecule has 0 fully saturated rings. The van der Waals surface area contributed by atoms with Gasteiger partial charge >= 0.3 is 0 Å². The number of para-hydroxylation sites is 2. The first-order valence-corrected chi connectivity index (χ1v) is 10.3. The molecule has 1 amide bonds. The van der Waals surface area contributed by atoms with Crippen LogP contribution in [0.3, 0.4) is 0 Å². The lowest BCUT2D eigenvalue weighted by molar-refractivity contribution is -0.116. The molecule has 3 rings (SSSR count). The highest BCUT2D eigenvalue weighted by molar-refractivity contribution is 7.92. The molecule has 0 radical (unpaired) electrons. The van der Waals surface area contributed by atoms with Crippen LogP contribution in [0.1, 0.15) is 0 Å². The van der Waals surface area contributed by atoms with Crippen LogP contribution >= 0.6 is 0 Å². The first-order valence-electron chi connectivity index (χ1n) is 8.80. The van der Waals surface area contributed by atoms with E-state index in [9.17, 15) is 13.2 Å². The summed E-state index contributed by atoms with van der Waals surface area (Å²) < 4.78 is 28.3. The summed E-state index contributed by atoms with van der Waals surface area (Å²) in [7, 11) is 1.23. The molecule has 3 N–H and O–H groups in total. The summed E-state index contributed by atoms with van der Waals surface area (Å²) in [6.45, 7) is 0.188. The molecule has 0 saturated heterocycles. The maximum atomic E-state index is 12.9. The molecule has 0 saturated carbocycles. The van der Waals surface area contributed by atoms with E-state index in [2.05, 4.69) is 25.3 Å². The normalized spacial score (nSPS) is 11.4. The van der Waals surface area contributed by atoms with Gasteiger partial charge in [-0.1, -0.05) is 18.2 Å². The smallest absolute Gasteiger partial charge is 0.263 e. The van der Waals surface area contributed by atoms with Crippen molar-refractivity contribution in [2.45, 2.75) is 4.90 Å². The number of carbonyl (C=O) groups is 1. The van der Waals surface area contributed by atoms with Gasteiger partial charge in [-0.05, 0) is 44.4 Å². The van der Waals surface area contributed by atoms with Crippen molar-refractivity contribution in [2.75, 3.05) is 43.0 Å². The fourth-order valence-electron chi connectivity index (χ4n) is 2.66. The lowest BCUT2D eigenvalue weighted by atomic mass is 10.3. The fourth-order valence-corrected chi connectivity index (χ4v) is 3.72. The van der Waals surface area contributed by atoms with Crippen LogP contribution in [0.15, 0.2) is 53.4 Å². The minimum atomic E-state index is -3.95. The molecule has 29 heavy (non-hydrogen) atoms. The zero-order valence-electron chi connectivity index (χ0n) is 16.3. The van der Waals surface area contributed by atoms with Crippen molar-refractivity contribution in [3.63, 3.8) is 0 Å². The van der Waals surface area contributed by atoms with Gasteiger partial charge in [0.2, 0.25) is 5.91 Å². The maximum absolute atomic E-state index is 12.9. The Kier molecular flexibility index (Phi) is 5.95. The Labute approximate surface area is 169 Å². The first-order chi connectivity index (χ1) is 13.8. The summed E-state index contributed by atoms with van der Waals surface area (Å²) in [5.41, 5.74) is 1.59. The SMILES string of the molecule is CNc1nc2ccccc2nc1NS(=O)(=O)c1cccc(NC(=O)CN(C)C)c1. The van der Waals surface area contributed by atoms with Gasteiger partial charge in [-0.25, -0.2) is 18.4 Å². The highest BCUT2D eigenvalue weighted by Crippen LogP contribution is 2.24. The van der Waals surface area contributed by atoms with Gasteiger partial charge in [0.1, 0.15) is 0 Å². The van der Waals surface area contributed by atoms with Crippen LogP contribution in [-0.4, -0.2) is 56.9 Å². The van der Waals surface area contributed by atoms with Gasteiger partial charge in [0.05, 0.1) is 22.5 Å². The molecule has 0 aliphatic rings. The number of aromatic nitrogens is 2. The van der Waals surface area contributed by atoms with Crippen molar-refractivity contribution in [1.29, 1.82) is 0 Å². The molecule has 0 aliphatic heterocycles. The number of benzene rings is 2. The topological polar surface area (TPSA) is 116 Å². The highest BCUT2D eigenvalue weighted by Gasteiger charge is 2.19. The number of carbonyl (C=O) groups excluding carboxylic acids is 1. The monoisotopic (exact) mass is 414 g/mol. The van der Waals surface area contributed by atoms with Gasteiger partial charge in [-0.3, -0.25) is 9.52 Å². The molecule has 0 atom stereocenters. The van der Waals surface area contributed by atoms with Crippen LogP contribution in [0.4, 0.5) is 17.3 Å². The Morgan fingerprint density at radius 2 is 1.66 bits per heavy atom. The number of anilines is 3. The minimum Gasteiger partial charge on any atom is -0.370 e. The molecule has 3 aromatic rings. The third-order valence-electron chi connectivity index (χ3n) is 3.93. The number of fused-ring (bicyclic) bond motifs is 1. The lowest BCUT2D eigenvalue weighted by Gasteiger charge is -2.13. The summed E-state index contributed by atoms with van der Waals surface area (Å²) in [5.74, 6) is 0.159. The summed E-state index contributed by atoms with van der Waals surface area (Å²) in [4.78, 5) is 22.4. The van der Waals surface area contributed by atoms with Crippen molar-refractivity contribution in [3.8, 4) is 0 Å². The summed E-state index contributed by atoms with van der Waals surface area (Å²) >= 11 is 0. The van der Waals surface area contributed by atoms with E-state index in [4.69, 9.17) is 0 Å². The quantitative estimate of drug-likeness (QED) is 0.541. The van der Waals surface area contributed by atoms with E-state index >= 15 is 0 Å². The number of sulfonamides is 1. The predicted molar refractivity (Wildman–Crippen MR) is 114 cm³/mol. The number of rotatable bonds is 7. The number of nitrogens with zero attached hydrogens (tertiary/aromatic N) is 3. The Balaban J connectivity index is 1.89. The molecule has 0 spiro atoms. The molecule has 1 aromatic heterocycles. The number of hydrogen-bond acceptors (Lipinski definition) is 7. The van der Waals surface area contributed by atoms with Crippen molar-refractivity contribution in [1.82, 2.24) is 14.9 Å². The zero-order chi connectivity index (χ0) is 21.0. The van der Waals surface area contributed by atoms with E-state index < -0.39 is 10.0 Å². The van der Waals surface area contributed by atoms with E-state index in [1.807, 2.05) is 6.07 Å². The second-order valence-electron chi connectivity index (χ2n) is 6.58. The van der Waals surface area contributed by atoms with Crippen LogP contribution in [0.5, 0.6) is 0 Å². The summed E-state index contributed by atoms with van der Waals surface area (Å²) in [6.07, 6.45) is 0. The Hall–Kier alpha value is -3.24. The summed E-state index contributed by atoms with van der Waals surface area (Å²) in [5, 5.41) is 5.54. The van der Waals surface area contributed by atoms with Crippen molar-refractivity contribution in [2.24, 2.45) is 0 Å². The van der Waals surface area contributed by atoms with Crippen molar-refractivity contribution >= 4 is 44.3 Å². The molecular formula is C19H22N6O3S. The number of nitrogens with one attached hydrogen (secondary N) is 3. The largest absolute Gasteiger partial charge is 0.370 e. The van der Waals surface area contributed by atoms with Crippen molar-refractivity contribution < 1.29 is 13.2 Å². The van der Waals surface area contributed by atoms with Gasteiger partial charge in [0.15, 0.2) is 11.6 Å². The Bertz CT molecular complexity index is 1150. The summed E-state index contributed by atoms with van der Waals surface area (Å²) in [6, 6.07) is 13.2. The molecule has 0 bridgehead atoms. The van der Waals surface area contributed by atoms with Gasteiger partial charge in [-0.2, -0.15) is 0 Å². The van der Waals surface area contributed by atoms with E-state index in [1.165, 1.54) is 12.1 Å². The first kappa shape index (κ1) is 20.5. The molecule has 152 valence electrons. The van der Waals surface area contributed by atoms with Crippen LogP contribution in [0, 0.1) is 0 Å². The van der Waals surface area contributed by atoms with Gasteiger partial charge < -0.3 is 15.5 Å². The average Bonchev–Trinajstić information content (AvgIpc) is 2.66. The third-order valence-corrected chi connectivity index (χ3v) is 5.26. The molecule has 9 nitrogen and oxygen atoms in total. The van der Waals surface area contributed by atoms with Gasteiger partial charge in [0.25, 0.3) is 10.0 Å². The molecular weight excluding hydrogens is 392 g/mol. The van der Waals surface area contributed by atoms with Gasteiger partial charge in [-0.15, -0.1) is 0 Å². The van der Waals surface area contributed by atoms with Gasteiger partial charge in [0, 0.05) is 12.7 Å². The highest BCUT2D eigenvalue weighted by atomic mass is 32.2. The predicted octanol–water partition coefficient (Wildman–Crippen LogP) is 1.97. The molecule has 1 heterocycles. The van der Waals surface area contributed by atoms with Crippen LogP contribution in [-0.2, 0) is 14.8 Å². The fraction of sp³-hybridized carbons (Fsp3) is 0.211. The van der Waals surface area contributed by atoms with Crippen LogP contribution in [0.2, 0.25) is 0 Å². The molecule has 10 heteroatoms. The van der Waals surface area contributed by atoms with Crippen LogP contribution < -0.4 is 15.4 Å². The second-order valence-corrected chi connectivity index (χ2v) is 8.26.